The quantitative estimate of drug-likeness (QED) is 0.586. The fourth-order valence-corrected chi connectivity index (χ4v) is 2.86. The summed E-state index contributed by atoms with van der Waals surface area (Å²) in [6.45, 7) is 10.9. The molecule has 0 aromatic heterocycles. The second-order valence-electron chi connectivity index (χ2n) is 7.96. The van der Waals surface area contributed by atoms with Crippen LogP contribution in [0.15, 0.2) is 29.2 Å². The van der Waals surface area contributed by atoms with Crippen LogP contribution < -0.4 is 10.6 Å². The fraction of sp³-hybridized carbons (Fsp3) is 0.526. The van der Waals surface area contributed by atoms with Crippen molar-refractivity contribution in [1.82, 2.24) is 10.6 Å². The zero-order chi connectivity index (χ0) is 20.0. The van der Waals surface area contributed by atoms with Gasteiger partial charge in [0.2, 0.25) is 5.91 Å². The number of esters is 1. The van der Waals surface area contributed by atoms with Crippen LogP contribution in [0.5, 0.6) is 0 Å². The number of nitrogens with one attached hydrogen (secondary N) is 2. The van der Waals surface area contributed by atoms with Crippen LogP contribution in [-0.4, -0.2) is 41.2 Å². The van der Waals surface area contributed by atoms with Crippen LogP contribution in [0.2, 0.25) is 0 Å². The summed E-state index contributed by atoms with van der Waals surface area (Å²) in [5.74, 6) is -0.879. The minimum absolute atomic E-state index is 0.116. The third-order valence-electron chi connectivity index (χ3n) is 2.83. The molecule has 0 aliphatic rings. The average Bonchev–Trinajstić information content (AvgIpc) is 2.47. The topological polar surface area (TPSA) is 84.5 Å². The highest BCUT2D eigenvalue weighted by Gasteiger charge is 2.19. The van der Waals surface area contributed by atoms with E-state index in [0.717, 1.165) is 0 Å². The predicted molar refractivity (Wildman–Crippen MR) is 103 cm³/mol. The molecule has 144 valence electrons. The summed E-state index contributed by atoms with van der Waals surface area (Å²) in [4.78, 5) is 36.7. The standard InChI is InChI=1S/C19H28N2O4S/c1-18(2,3)20-15(22)11-25-17(24)13-9-7-8-10-14(13)26-12-16(23)21-19(4,5)6/h7-10H,11-12H2,1-6H3,(H,20,22)(H,21,23). The molecule has 0 saturated heterocycles. The van der Waals surface area contributed by atoms with Crippen molar-refractivity contribution in [2.24, 2.45) is 0 Å². The maximum atomic E-state index is 12.3. The first-order chi connectivity index (χ1) is 11.9. The van der Waals surface area contributed by atoms with Gasteiger partial charge in [0.05, 0.1) is 11.3 Å². The molecule has 0 heterocycles. The van der Waals surface area contributed by atoms with Crippen molar-refractivity contribution >= 4 is 29.5 Å². The Morgan fingerprint density at radius 3 is 2.04 bits per heavy atom. The van der Waals surface area contributed by atoms with Gasteiger partial charge in [-0.15, -0.1) is 11.8 Å². The lowest BCUT2D eigenvalue weighted by molar-refractivity contribution is -0.125. The largest absolute Gasteiger partial charge is 0.452 e. The van der Waals surface area contributed by atoms with Crippen LogP contribution in [-0.2, 0) is 14.3 Å². The number of amides is 2. The van der Waals surface area contributed by atoms with E-state index in [2.05, 4.69) is 10.6 Å². The molecule has 2 N–H and O–H groups in total. The Morgan fingerprint density at radius 2 is 1.46 bits per heavy atom. The zero-order valence-corrected chi connectivity index (χ0v) is 17.1. The molecule has 0 aliphatic carbocycles. The number of hydrogen-bond acceptors (Lipinski definition) is 5. The normalized spacial score (nSPS) is 11.6. The van der Waals surface area contributed by atoms with Gasteiger partial charge in [-0.1, -0.05) is 12.1 Å². The summed E-state index contributed by atoms with van der Waals surface area (Å²) in [5.41, 5.74) is -0.363. The van der Waals surface area contributed by atoms with E-state index in [9.17, 15) is 14.4 Å². The van der Waals surface area contributed by atoms with Gasteiger partial charge < -0.3 is 15.4 Å². The predicted octanol–water partition coefficient (Wildman–Crippen LogP) is 2.76. The average molecular weight is 381 g/mol. The van der Waals surface area contributed by atoms with Gasteiger partial charge >= 0.3 is 5.97 Å². The summed E-state index contributed by atoms with van der Waals surface area (Å²) in [5, 5.41) is 5.60. The number of ether oxygens (including phenoxy) is 1. The van der Waals surface area contributed by atoms with E-state index in [-0.39, 0.29) is 29.7 Å². The minimum Gasteiger partial charge on any atom is -0.452 e. The fourth-order valence-electron chi connectivity index (χ4n) is 2.02. The van der Waals surface area contributed by atoms with Crippen LogP contribution >= 0.6 is 11.8 Å². The van der Waals surface area contributed by atoms with Gasteiger partial charge in [-0.3, -0.25) is 9.59 Å². The molecule has 7 heteroatoms. The summed E-state index contributed by atoms with van der Waals surface area (Å²) >= 11 is 1.26. The summed E-state index contributed by atoms with van der Waals surface area (Å²) in [7, 11) is 0. The molecular weight excluding hydrogens is 352 g/mol. The van der Waals surface area contributed by atoms with Gasteiger partial charge in [0.25, 0.3) is 5.91 Å². The van der Waals surface area contributed by atoms with E-state index in [1.54, 1.807) is 24.3 Å². The van der Waals surface area contributed by atoms with Crippen molar-refractivity contribution in [3.05, 3.63) is 29.8 Å². The monoisotopic (exact) mass is 380 g/mol. The molecule has 1 rings (SSSR count). The molecule has 0 radical (unpaired) electrons. The second-order valence-corrected chi connectivity index (χ2v) is 8.97. The first kappa shape index (κ1) is 22.0. The Bertz CT molecular complexity index is 660. The second kappa shape index (κ2) is 9.07. The Kier molecular flexibility index (Phi) is 7.68. The molecule has 0 spiro atoms. The van der Waals surface area contributed by atoms with Crippen LogP contribution in [0.1, 0.15) is 51.9 Å². The maximum Gasteiger partial charge on any atom is 0.339 e. The minimum atomic E-state index is -0.589. The highest BCUT2D eigenvalue weighted by atomic mass is 32.2. The number of hydrogen-bond donors (Lipinski definition) is 2. The van der Waals surface area contributed by atoms with Crippen molar-refractivity contribution in [3.8, 4) is 0 Å². The molecule has 2 amide bonds. The van der Waals surface area contributed by atoms with Crippen LogP contribution in [0, 0.1) is 0 Å². The Morgan fingerprint density at radius 1 is 0.923 bits per heavy atom. The van der Waals surface area contributed by atoms with Gasteiger partial charge in [-0.2, -0.15) is 0 Å². The number of thioether (sulfide) groups is 1. The Labute approximate surface area is 159 Å². The third kappa shape index (κ3) is 8.89. The van der Waals surface area contributed by atoms with Crippen molar-refractivity contribution in [3.63, 3.8) is 0 Å². The van der Waals surface area contributed by atoms with E-state index in [1.807, 2.05) is 41.5 Å². The smallest absolute Gasteiger partial charge is 0.339 e. The number of carbonyl (C=O) groups is 3. The van der Waals surface area contributed by atoms with E-state index >= 15 is 0 Å². The molecule has 1 aromatic carbocycles. The lowest BCUT2D eigenvalue weighted by Gasteiger charge is -2.20. The molecule has 1 aromatic rings. The number of benzene rings is 1. The first-order valence-electron chi connectivity index (χ1n) is 8.38. The SMILES string of the molecule is CC(C)(C)NC(=O)COC(=O)c1ccccc1SCC(=O)NC(C)(C)C. The maximum absolute atomic E-state index is 12.3. The molecule has 0 fully saturated rings. The van der Waals surface area contributed by atoms with Gasteiger partial charge in [0.15, 0.2) is 6.61 Å². The summed E-state index contributed by atoms with van der Waals surface area (Å²) in [6.07, 6.45) is 0. The van der Waals surface area contributed by atoms with Crippen molar-refractivity contribution < 1.29 is 19.1 Å². The number of carbonyl (C=O) groups excluding carboxylic acids is 3. The molecule has 0 aliphatic heterocycles. The molecule has 0 atom stereocenters. The molecule has 26 heavy (non-hydrogen) atoms. The van der Waals surface area contributed by atoms with Crippen LogP contribution in [0.25, 0.3) is 0 Å². The molecular formula is C19H28N2O4S. The van der Waals surface area contributed by atoms with E-state index in [0.29, 0.717) is 10.5 Å². The van der Waals surface area contributed by atoms with Crippen molar-refractivity contribution in [2.75, 3.05) is 12.4 Å². The Balaban J connectivity index is 2.66. The Hall–Kier alpha value is -2.02. The van der Waals surface area contributed by atoms with Gasteiger partial charge in [0, 0.05) is 16.0 Å². The number of rotatable bonds is 6. The van der Waals surface area contributed by atoms with Gasteiger partial charge in [0.1, 0.15) is 0 Å². The van der Waals surface area contributed by atoms with Gasteiger partial charge in [-0.05, 0) is 53.7 Å². The van der Waals surface area contributed by atoms with E-state index in [4.69, 9.17) is 4.74 Å². The van der Waals surface area contributed by atoms with Crippen LogP contribution in [0.3, 0.4) is 0 Å². The first-order valence-corrected chi connectivity index (χ1v) is 9.37. The summed E-state index contributed by atoms with van der Waals surface area (Å²) in [6, 6.07) is 6.87. The molecule has 0 unspecified atom stereocenters. The van der Waals surface area contributed by atoms with Crippen molar-refractivity contribution in [1.29, 1.82) is 0 Å². The molecule has 6 nitrogen and oxygen atoms in total. The third-order valence-corrected chi connectivity index (χ3v) is 3.90. The van der Waals surface area contributed by atoms with Crippen LogP contribution in [0.4, 0.5) is 0 Å². The lowest BCUT2D eigenvalue weighted by atomic mass is 10.1. The zero-order valence-electron chi connectivity index (χ0n) is 16.3. The molecule has 0 saturated carbocycles. The highest BCUT2D eigenvalue weighted by molar-refractivity contribution is 8.00. The van der Waals surface area contributed by atoms with E-state index in [1.165, 1.54) is 11.8 Å². The van der Waals surface area contributed by atoms with Crippen molar-refractivity contribution in [2.45, 2.75) is 57.5 Å². The van der Waals surface area contributed by atoms with E-state index < -0.39 is 11.5 Å². The molecule has 0 bridgehead atoms. The summed E-state index contributed by atoms with van der Waals surface area (Å²) < 4.78 is 5.10. The lowest BCUT2D eigenvalue weighted by Crippen LogP contribution is -2.42. The highest BCUT2D eigenvalue weighted by Crippen LogP contribution is 2.23. The van der Waals surface area contributed by atoms with Gasteiger partial charge in [-0.25, -0.2) is 4.79 Å².